The van der Waals surface area contributed by atoms with Gasteiger partial charge in [-0.2, -0.15) is 5.10 Å². The quantitative estimate of drug-likeness (QED) is 0.452. The summed E-state index contributed by atoms with van der Waals surface area (Å²) in [6, 6.07) is 6.17. The number of halogens is 1. The van der Waals surface area contributed by atoms with Crippen molar-refractivity contribution in [1.82, 2.24) is 14.7 Å². The number of nitrogens with zero attached hydrogens (tertiary/aromatic N) is 3. The largest absolute Gasteiger partial charge is 0.488 e. The Bertz CT molecular complexity index is 1000. The summed E-state index contributed by atoms with van der Waals surface area (Å²) in [5.41, 5.74) is 5.49. The first-order chi connectivity index (χ1) is 13.8. The summed E-state index contributed by atoms with van der Waals surface area (Å²) in [6.07, 6.45) is 1.77. The Kier molecular flexibility index (Phi) is 6.80. The van der Waals surface area contributed by atoms with Crippen LogP contribution >= 0.6 is 27.3 Å². The minimum absolute atomic E-state index is 0.000278. The van der Waals surface area contributed by atoms with Crippen LogP contribution in [-0.4, -0.2) is 27.6 Å². The van der Waals surface area contributed by atoms with Gasteiger partial charge in [0.2, 0.25) is 0 Å². The number of aryl methyl sites for hydroxylation is 4. The monoisotopic (exact) mass is 475 g/mol. The lowest BCUT2D eigenvalue weighted by Crippen LogP contribution is -2.27. The maximum absolute atomic E-state index is 12.9. The van der Waals surface area contributed by atoms with Crippen molar-refractivity contribution >= 4 is 33.2 Å². The topological polar surface area (TPSA) is 47.4 Å². The zero-order valence-electron chi connectivity index (χ0n) is 17.5. The van der Waals surface area contributed by atoms with E-state index in [-0.39, 0.29) is 5.91 Å². The maximum Gasteiger partial charge on any atom is 0.264 e. The first-order valence-electron chi connectivity index (χ1n) is 9.53. The second kappa shape index (κ2) is 9.13. The third-order valence-electron chi connectivity index (χ3n) is 4.78. The van der Waals surface area contributed by atoms with E-state index in [0.29, 0.717) is 18.0 Å². The van der Waals surface area contributed by atoms with Gasteiger partial charge in [0.25, 0.3) is 5.91 Å². The molecule has 154 valence electrons. The minimum Gasteiger partial charge on any atom is -0.488 e. The highest BCUT2D eigenvalue weighted by Gasteiger charge is 2.18. The Labute approximate surface area is 184 Å². The fraction of sp³-hybridized carbons (Fsp3) is 0.364. The molecule has 1 amide bonds. The second-order valence-electron chi connectivity index (χ2n) is 7.25. The van der Waals surface area contributed by atoms with Gasteiger partial charge in [-0.1, -0.05) is 17.7 Å². The molecule has 1 aromatic carbocycles. The van der Waals surface area contributed by atoms with Gasteiger partial charge < -0.3 is 9.64 Å². The first kappa shape index (κ1) is 21.6. The molecule has 0 aliphatic rings. The molecule has 3 rings (SSSR count). The molecule has 0 atom stereocenters. The van der Waals surface area contributed by atoms with E-state index in [2.05, 4.69) is 53.9 Å². The molecule has 0 saturated carbocycles. The Morgan fingerprint density at radius 1 is 1.24 bits per heavy atom. The van der Waals surface area contributed by atoms with Crippen LogP contribution in [0.4, 0.5) is 0 Å². The van der Waals surface area contributed by atoms with Gasteiger partial charge in [-0.15, -0.1) is 11.3 Å². The van der Waals surface area contributed by atoms with Gasteiger partial charge in [-0.3, -0.25) is 9.48 Å². The van der Waals surface area contributed by atoms with Gasteiger partial charge in [0.15, 0.2) is 0 Å². The lowest BCUT2D eigenvalue weighted by molar-refractivity contribution is 0.0786. The second-order valence-corrected chi connectivity index (χ2v) is 9.02. The van der Waals surface area contributed by atoms with Gasteiger partial charge in [-0.25, -0.2) is 0 Å². The molecule has 7 heteroatoms. The Hall–Kier alpha value is -2.12. The predicted molar refractivity (Wildman–Crippen MR) is 121 cm³/mol. The Morgan fingerprint density at radius 2 is 1.93 bits per heavy atom. The molecule has 0 saturated heterocycles. The lowest BCUT2D eigenvalue weighted by Gasteiger charge is -2.17. The average Bonchev–Trinajstić information content (AvgIpc) is 3.27. The molecule has 3 aromatic rings. The third-order valence-corrected chi connectivity index (χ3v) is 6.41. The molecule has 0 radical (unpaired) electrons. The van der Waals surface area contributed by atoms with Crippen molar-refractivity contribution in [2.75, 3.05) is 7.05 Å². The molecule has 0 bridgehead atoms. The smallest absolute Gasteiger partial charge is 0.264 e. The van der Waals surface area contributed by atoms with Crippen molar-refractivity contribution in [1.29, 1.82) is 0 Å². The van der Waals surface area contributed by atoms with E-state index >= 15 is 0 Å². The van der Waals surface area contributed by atoms with Gasteiger partial charge in [-0.05, 0) is 66.2 Å². The van der Waals surface area contributed by atoms with Crippen LogP contribution in [0, 0.1) is 20.8 Å². The van der Waals surface area contributed by atoms with Gasteiger partial charge in [0, 0.05) is 19.2 Å². The fourth-order valence-electron chi connectivity index (χ4n) is 3.42. The number of aromatic nitrogens is 2. The summed E-state index contributed by atoms with van der Waals surface area (Å²) in [4.78, 5) is 15.3. The standard InChI is InChI=1S/C22H26BrN3O2S/c1-6-26-19(18(23)10-24-26)11-25(5)22(27)20-9-17(13-29-20)12-28-21-15(3)7-14(2)8-16(21)4/h7-10,13H,6,11-12H2,1-5H3. The zero-order chi connectivity index (χ0) is 21.1. The number of amides is 1. The van der Waals surface area contributed by atoms with Crippen LogP contribution in [0.2, 0.25) is 0 Å². The average molecular weight is 476 g/mol. The van der Waals surface area contributed by atoms with E-state index in [4.69, 9.17) is 4.74 Å². The lowest BCUT2D eigenvalue weighted by atomic mass is 10.1. The fourth-order valence-corrected chi connectivity index (χ4v) is 4.73. The van der Waals surface area contributed by atoms with Crippen LogP contribution in [-0.2, 0) is 19.7 Å². The van der Waals surface area contributed by atoms with Crippen molar-refractivity contribution in [2.24, 2.45) is 0 Å². The number of carbonyl (C=O) groups is 1. The summed E-state index contributed by atoms with van der Waals surface area (Å²) in [7, 11) is 1.82. The Balaban J connectivity index is 1.66. The highest BCUT2D eigenvalue weighted by molar-refractivity contribution is 9.10. The van der Waals surface area contributed by atoms with E-state index in [1.165, 1.54) is 16.9 Å². The summed E-state index contributed by atoms with van der Waals surface area (Å²) in [5.74, 6) is 0.921. The van der Waals surface area contributed by atoms with Gasteiger partial charge in [0.1, 0.15) is 12.4 Å². The van der Waals surface area contributed by atoms with Gasteiger partial charge in [0.05, 0.1) is 27.8 Å². The van der Waals surface area contributed by atoms with Crippen LogP contribution in [0.5, 0.6) is 5.75 Å². The van der Waals surface area contributed by atoms with E-state index in [1.54, 1.807) is 11.1 Å². The van der Waals surface area contributed by atoms with Gasteiger partial charge >= 0.3 is 0 Å². The minimum atomic E-state index is -0.000278. The maximum atomic E-state index is 12.9. The zero-order valence-corrected chi connectivity index (χ0v) is 19.9. The van der Waals surface area contributed by atoms with E-state index < -0.39 is 0 Å². The molecule has 0 aliphatic heterocycles. The van der Waals surface area contributed by atoms with Crippen LogP contribution in [0.1, 0.15) is 44.5 Å². The highest BCUT2D eigenvalue weighted by atomic mass is 79.9. The number of benzene rings is 1. The molecule has 0 spiro atoms. The van der Waals surface area contributed by atoms with Crippen molar-refractivity contribution in [3.05, 3.63) is 67.1 Å². The number of thiophene rings is 1. The van der Waals surface area contributed by atoms with E-state index in [1.807, 2.05) is 30.1 Å². The summed E-state index contributed by atoms with van der Waals surface area (Å²) >= 11 is 4.97. The SMILES string of the molecule is CCn1ncc(Br)c1CN(C)C(=O)c1cc(COc2c(C)cc(C)cc2C)cs1. The van der Waals surface area contributed by atoms with Crippen LogP contribution in [0.3, 0.4) is 0 Å². The molecule has 0 aliphatic carbocycles. The van der Waals surface area contributed by atoms with Crippen molar-refractivity contribution in [2.45, 2.75) is 47.4 Å². The van der Waals surface area contributed by atoms with Crippen molar-refractivity contribution < 1.29 is 9.53 Å². The van der Waals surface area contributed by atoms with Crippen molar-refractivity contribution in [3.63, 3.8) is 0 Å². The molecule has 0 unspecified atom stereocenters. The van der Waals surface area contributed by atoms with E-state index in [0.717, 1.165) is 39.2 Å². The number of carbonyl (C=O) groups excluding carboxylic acids is 1. The third kappa shape index (κ3) is 4.90. The molecule has 29 heavy (non-hydrogen) atoms. The molecule has 2 aromatic heterocycles. The molecule has 5 nitrogen and oxygen atoms in total. The molecular formula is C22H26BrN3O2S. The summed E-state index contributed by atoms with van der Waals surface area (Å²) in [5, 5.41) is 6.31. The molecule has 0 fully saturated rings. The highest BCUT2D eigenvalue weighted by Crippen LogP contribution is 2.27. The molecular weight excluding hydrogens is 450 g/mol. The van der Waals surface area contributed by atoms with Crippen LogP contribution < -0.4 is 4.74 Å². The normalized spacial score (nSPS) is 11.0. The van der Waals surface area contributed by atoms with Crippen molar-refractivity contribution in [3.8, 4) is 5.75 Å². The van der Waals surface area contributed by atoms with E-state index in [9.17, 15) is 4.79 Å². The van der Waals surface area contributed by atoms with Crippen LogP contribution in [0.15, 0.2) is 34.2 Å². The summed E-state index contributed by atoms with van der Waals surface area (Å²) in [6.45, 7) is 9.96. The number of ether oxygens (including phenoxy) is 1. The number of rotatable bonds is 7. The van der Waals surface area contributed by atoms with Crippen LogP contribution in [0.25, 0.3) is 0 Å². The predicted octanol–water partition coefficient (Wildman–Crippen LogP) is 5.50. The number of hydrogen-bond donors (Lipinski definition) is 0. The Morgan fingerprint density at radius 3 is 2.59 bits per heavy atom. The first-order valence-corrected chi connectivity index (χ1v) is 11.2. The summed E-state index contributed by atoms with van der Waals surface area (Å²) < 4.78 is 8.87. The number of hydrogen-bond acceptors (Lipinski definition) is 4. The molecule has 0 N–H and O–H groups in total. The molecule has 2 heterocycles.